The number of halogens is 6. The maximum atomic E-state index is 13.2. The molecular weight excluding hydrogens is 390 g/mol. The van der Waals surface area contributed by atoms with Gasteiger partial charge in [-0.3, -0.25) is 9.78 Å². The SMILES string of the molecule is COC(c1ccc(NC(=O)Cc2ccc(C)cn2)cc1)(C(F)(F)F)C(F)(F)F. The van der Waals surface area contributed by atoms with Crippen molar-refractivity contribution in [3.8, 4) is 0 Å². The second kappa shape index (κ2) is 7.78. The van der Waals surface area contributed by atoms with E-state index in [0.29, 0.717) is 24.9 Å². The fourth-order valence-corrected chi connectivity index (χ4v) is 2.60. The maximum Gasteiger partial charge on any atom is 0.430 e. The zero-order chi connectivity index (χ0) is 21.2. The molecule has 10 heteroatoms. The molecule has 1 N–H and O–H groups in total. The molecule has 0 unspecified atom stereocenters. The number of amides is 1. The van der Waals surface area contributed by atoms with E-state index in [1.807, 2.05) is 6.92 Å². The molecule has 0 fully saturated rings. The number of benzene rings is 1. The van der Waals surface area contributed by atoms with Gasteiger partial charge in [-0.15, -0.1) is 0 Å². The first-order chi connectivity index (χ1) is 12.9. The van der Waals surface area contributed by atoms with Crippen molar-refractivity contribution in [2.45, 2.75) is 31.3 Å². The Morgan fingerprint density at radius 1 is 1.00 bits per heavy atom. The Morgan fingerprint density at radius 2 is 1.57 bits per heavy atom. The Balaban J connectivity index is 2.21. The summed E-state index contributed by atoms with van der Waals surface area (Å²) >= 11 is 0. The molecule has 0 atom stereocenters. The standard InChI is InChI=1S/C18H16F6N2O2/c1-11-3-6-14(25-10-11)9-15(27)26-13-7-4-12(5-8-13)16(28-2,17(19,20)21)18(22,23)24/h3-8,10H,9H2,1-2H3,(H,26,27). The fourth-order valence-electron chi connectivity index (χ4n) is 2.60. The first-order valence-corrected chi connectivity index (χ1v) is 7.91. The van der Waals surface area contributed by atoms with Crippen molar-refractivity contribution in [3.63, 3.8) is 0 Å². The zero-order valence-corrected chi connectivity index (χ0v) is 14.8. The Labute approximate surface area is 156 Å². The lowest BCUT2D eigenvalue weighted by molar-refractivity contribution is -0.383. The van der Waals surface area contributed by atoms with E-state index in [2.05, 4.69) is 15.0 Å². The zero-order valence-electron chi connectivity index (χ0n) is 14.8. The number of hydrogen-bond donors (Lipinski definition) is 1. The van der Waals surface area contributed by atoms with Crippen LogP contribution < -0.4 is 5.32 Å². The molecule has 0 saturated heterocycles. The highest BCUT2D eigenvalue weighted by molar-refractivity contribution is 5.92. The molecule has 0 aliphatic heterocycles. The van der Waals surface area contributed by atoms with Gasteiger partial charge in [0, 0.05) is 30.3 Å². The van der Waals surface area contributed by atoms with Gasteiger partial charge in [-0.25, -0.2) is 0 Å². The summed E-state index contributed by atoms with van der Waals surface area (Å²) in [5.74, 6) is -0.520. The number of hydrogen-bond acceptors (Lipinski definition) is 3. The van der Waals surface area contributed by atoms with Crippen molar-refractivity contribution in [1.82, 2.24) is 4.98 Å². The summed E-state index contributed by atoms with van der Waals surface area (Å²) in [6.07, 6.45) is -10.0. The van der Waals surface area contributed by atoms with E-state index < -0.39 is 29.4 Å². The summed E-state index contributed by atoms with van der Waals surface area (Å²) in [5, 5.41) is 2.40. The van der Waals surface area contributed by atoms with Gasteiger partial charge in [0.15, 0.2) is 0 Å². The number of rotatable bonds is 5. The van der Waals surface area contributed by atoms with Crippen LogP contribution in [0.3, 0.4) is 0 Å². The number of ether oxygens (including phenoxy) is 1. The topological polar surface area (TPSA) is 51.2 Å². The van der Waals surface area contributed by atoms with Crippen molar-refractivity contribution < 1.29 is 35.9 Å². The van der Waals surface area contributed by atoms with Crippen LogP contribution in [-0.4, -0.2) is 30.4 Å². The lowest BCUT2D eigenvalue weighted by Gasteiger charge is -2.36. The predicted molar refractivity (Wildman–Crippen MR) is 88.5 cm³/mol. The number of pyridine rings is 1. The molecule has 4 nitrogen and oxygen atoms in total. The third kappa shape index (κ3) is 4.27. The molecule has 28 heavy (non-hydrogen) atoms. The summed E-state index contributed by atoms with van der Waals surface area (Å²) in [5.41, 5.74) is -4.21. The van der Waals surface area contributed by atoms with Crippen molar-refractivity contribution in [2.75, 3.05) is 12.4 Å². The van der Waals surface area contributed by atoms with Crippen LogP contribution in [0.15, 0.2) is 42.6 Å². The Kier molecular flexibility index (Phi) is 6.03. The average Bonchev–Trinajstić information content (AvgIpc) is 2.57. The van der Waals surface area contributed by atoms with Crippen LogP contribution in [0.2, 0.25) is 0 Å². The Bertz CT molecular complexity index is 800. The van der Waals surface area contributed by atoms with E-state index in [0.717, 1.165) is 17.7 Å². The van der Waals surface area contributed by atoms with Gasteiger partial charge in [-0.05, 0) is 30.7 Å². The molecule has 2 rings (SSSR count). The quantitative estimate of drug-likeness (QED) is 0.742. The summed E-state index contributed by atoms with van der Waals surface area (Å²) in [6, 6.07) is 6.51. The van der Waals surface area contributed by atoms with E-state index in [1.54, 1.807) is 18.3 Å². The maximum absolute atomic E-state index is 13.2. The van der Waals surface area contributed by atoms with Gasteiger partial charge in [-0.1, -0.05) is 18.2 Å². The molecule has 0 aliphatic rings. The van der Waals surface area contributed by atoms with Gasteiger partial charge in [0.05, 0.1) is 6.42 Å². The average molecular weight is 406 g/mol. The highest BCUT2D eigenvalue weighted by Crippen LogP contribution is 2.52. The predicted octanol–water partition coefficient (Wildman–Crippen LogP) is 4.54. The summed E-state index contributed by atoms with van der Waals surface area (Å²) in [4.78, 5) is 16.0. The number of aryl methyl sites for hydroxylation is 1. The van der Waals surface area contributed by atoms with Gasteiger partial charge in [0.1, 0.15) is 0 Å². The minimum Gasteiger partial charge on any atom is -0.357 e. The molecule has 152 valence electrons. The number of aromatic nitrogens is 1. The van der Waals surface area contributed by atoms with E-state index in [4.69, 9.17) is 0 Å². The van der Waals surface area contributed by atoms with Crippen molar-refractivity contribution in [3.05, 3.63) is 59.4 Å². The second-order valence-electron chi connectivity index (χ2n) is 6.01. The van der Waals surface area contributed by atoms with E-state index >= 15 is 0 Å². The Hall–Kier alpha value is -2.62. The number of nitrogens with zero attached hydrogens (tertiary/aromatic N) is 1. The molecule has 0 aliphatic carbocycles. The van der Waals surface area contributed by atoms with Crippen molar-refractivity contribution >= 4 is 11.6 Å². The molecule has 1 aromatic carbocycles. The van der Waals surface area contributed by atoms with Crippen LogP contribution in [0.5, 0.6) is 0 Å². The summed E-state index contributed by atoms with van der Waals surface area (Å²) in [7, 11) is 0.339. The highest BCUT2D eigenvalue weighted by atomic mass is 19.4. The number of carbonyl (C=O) groups is 1. The van der Waals surface area contributed by atoms with Crippen molar-refractivity contribution in [2.24, 2.45) is 0 Å². The summed E-state index contributed by atoms with van der Waals surface area (Å²) in [6.45, 7) is 1.82. The molecule has 1 heterocycles. The third-order valence-corrected chi connectivity index (χ3v) is 3.99. The monoisotopic (exact) mass is 406 g/mol. The Morgan fingerprint density at radius 3 is 2.00 bits per heavy atom. The molecule has 0 spiro atoms. The van der Waals surface area contributed by atoms with Crippen LogP contribution in [0.1, 0.15) is 16.8 Å². The first kappa shape index (κ1) is 21.7. The number of alkyl halides is 6. The minimum atomic E-state index is -5.73. The summed E-state index contributed by atoms with van der Waals surface area (Å²) < 4.78 is 83.2. The molecule has 1 amide bonds. The lowest BCUT2D eigenvalue weighted by atomic mass is 9.91. The molecular formula is C18H16F6N2O2. The van der Waals surface area contributed by atoms with Crippen LogP contribution in [0.4, 0.5) is 32.0 Å². The van der Waals surface area contributed by atoms with Crippen molar-refractivity contribution in [1.29, 1.82) is 0 Å². The lowest BCUT2D eigenvalue weighted by Crippen LogP contribution is -2.55. The normalized spacial score (nSPS) is 12.7. The smallest absolute Gasteiger partial charge is 0.357 e. The number of methoxy groups -OCH3 is 1. The highest BCUT2D eigenvalue weighted by Gasteiger charge is 2.72. The van der Waals surface area contributed by atoms with Gasteiger partial charge in [0.2, 0.25) is 5.91 Å². The molecule has 2 aromatic rings. The van der Waals surface area contributed by atoms with E-state index in [1.165, 1.54) is 0 Å². The van der Waals surface area contributed by atoms with Gasteiger partial charge >= 0.3 is 12.4 Å². The van der Waals surface area contributed by atoms with Crippen LogP contribution >= 0.6 is 0 Å². The fraction of sp³-hybridized carbons (Fsp3) is 0.333. The van der Waals surface area contributed by atoms with E-state index in [-0.39, 0.29) is 12.1 Å². The van der Waals surface area contributed by atoms with Crippen LogP contribution in [0, 0.1) is 6.92 Å². The third-order valence-electron chi connectivity index (χ3n) is 3.99. The molecule has 0 radical (unpaired) electrons. The van der Waals surface area contributed by atoms with Crippen LogP contribution in [0.25, 0.3) is 0 Å². The number of nitrogens with one attached hydrogen (secondary N) is 1. The van der Waals surface area contributed by atoms with E-state index in [9.17, 15) is 31.1 Å². The number of anilines is 1. The molecule has 0 saturated carbocycles. The first-order valence-electron chi connectivity index (χ1n) is 7.91. The van der Waals surface area contributed by atoms with Gasteiger partial charge in [0.25, 0.3) is 5.60 Å². The van der Waals surface area contributed by atoms with Gasteiger partial charge in [-0.2, -0.15) is 26.3 Å². The van der Waals surface area contributed by atoms with Gasteiger partial charge < -0.3 is 10.1 Å². The van der Waals surface area contributed by atoms with Crippen LogP contribution in [-0.2, 0) is 21.6 Å². The minimum absolute atomic E-state index is 0.0372. The number of carbonyl (C=O) groups excluding carboxylic acids is 1. The largest absolute Gasteiger partial charge is 0.430 e. The second-order valence-corrected chi connectivity index (χ2v) is 6.01. The molecule has 0 bridgehead atoms. The molecule has 1 aromatic heterocycles.